The third kappa shape index (κ3) is 3.60. The van der Waals surface area contributed by atoms with Gasteiger partial charge in [-0.25, -0.2) is 4.79 Å². The zero-order chi connectivity index (χ0) is 12.1. The van der Waals surface area contributed by atoms with Crippen LogP contribution >= 0.6 is 0 Å². The lowest BCUT2D eigenvalue weighted by Crippen LogP contribution is -2.51. The van der Waals surface area contributed by atoms with E-state index in [0.29, 0.717) is 12.6 Å². The van der Waals surface area contributed by atoms with Crippen molar-refractivity contribution in [3.05, 3.63) is 0 Å². The van der Waals surface area contributed by atoms with E-state index >= 15 is 0 Å². The van der Waals surface area contributed by atoms with Gasteiger partial charge in [-0.05, 0) is 19.3 Å². The van der Waals surface area contributed by atoms with E-state index in [0.717, 1.165) is 32.4 Å². The highest BCUT2D eigenvalue weighted by atomic mass is 16.5. The van der Waals surface area contributed by atoms with Crippen molar-refractivity contribution in [3.8, 4) is 0 Å². The van der Waals surface area contributed by atoms with Crippen LogP contribution in [0.2, 0.25) is 0 Å². The number of hydrogen-bond acceptors (Lipinski definition) is 2. The topological polar surface area (TPSA) is 41.6 Å². The molecule has 0 aromatic heterocycles. The minimum absolute atomic E-state index is 0.110. The summed E-state index contributed by atoms with van der Waals surface area (Å²) < 4.78 is 5.58. The summed E-state index contributed by atoms with van der Waals surface area (Å²) >= 11 is 0. The Morgan fingerprint density at radius 2 is 2.12 bits per heavy atom. The van der Waals surface area contributed by atoms with Gasteiger partial charge in [0.15, 0.2) is 0 Å². The Balaban J connectivity index is 1.78. The van der Waals surface area contributed by atoms with Crippen LogP contribution in [0.3, 0.4) is 0 Å². The van der Waals surface area contributed by atoms with E-state index in [1.807, 2.05) is 4.90 Å². The highest BCUT2D eigenvalue weighted by Crippen LogP contribution is 2.18. The Hall–Kier alpha value is -0.770. The van der Waals surface area contributed by atoms with Crippen LogP contribution in [-0.2, 0) is 4.74 Å². The monoisotopic (exact) mass is 240 g/mol. The van der Waals surface area contributed by atoms with Crippen molar-refractivity contribution in [1.82, 2.24) is 10.2 Å². The van der Waals surface area contributed by atoms with Crippen LogP contribution < -0.4 is 5.32 Å². The predicted molar refractivity (Wildman–Crippen MR) is 67.0 cm³/mol. The predicted octanol–water partition coefficient (Wildman–Crippen LogP) is 2.14. The maximum Gasteiger partial charge on any atom is 0.317 e. The molecular formula is C13H24N2O2. The molecule has 0 aromatic carbocycles. The number of morpholine rings is 1. The first kappa shape index (κ1) is 12.7. The van der Waals surface area contributed by atoms with E-state index in [1.165, 1.54) is 19.3 Å². The van der Waals surface area contributed by atoms with Crippen LogP contribution in [0.25, 0.3) is 0 Å². The minimum atomic E-state index is 0.110. The van der Waals surface area contributed by atoms with Crippen LogP contribution in [0.15, 0.2) is 0 Å². The first-order valence-corrected chi connectivity index (χ1v) is 6.96. The Bertz CT molecular complexity index is 252. The lowest BCUT2D eigenvalue weighted by Gasteiger charge is -2.34. The van der Waals surface area contributed by atoms with Gasteiger partial charge >= 0.3 is 6.03 Å². The Kier molecular flexibility index (Phi) is 4.66. The molecule has 2 amide bonds. The molecule has 4 nitrogen and oxygen atoms in total. The van der Waals surface area contributed by atoms with Gasteiger partial charge in [-0.2, -0.15) is 0 Å². The Morgan fingerprint density at radius 1 is 1.35 bits per heavy atom. The van der Waals surface area contributed by atoms with Crippen molar-refractivity contribution in [1.29, 1.82) is 0 Å². The number of nitrogens with zero attached hydrogens (tertiary/aromatic N) is 1. The fourth-order valence-electron chi connectivity index (χ4n) is 2.66. The molecular weight excluding hydrogens is 216 g/mol. The molecule has 4 heteroatoms. The number of urea groups is 1. The molecule has 2 aliphatic rings. The summed E-state index contributed by atoms with van der Waals surface area (Å²) in [5, 5.41) is 3.16. The summed E-state index contributed by atoms with van der Waals surface area (Å²) in [6.07, 6.45) is 7.33. The molecule has 0 aromatic rings. The maximum atomic E-state index is 12.1. The standard InChI is InChI=1S/C13H24N2O2/c1-2-12-10-15(8-9-17-12)13(16)14-11-6-4-3-5-7-11/h11-12H,2-10H2,1H3,(H,14,16). The molecule has 2 fully saturated rings. The molecule has 0 spiro atoms. The number of carbonyl (C=O) groups excluding carboxylic acids is 1. The largest absolute Gasteiger partial charge is 0.375 e. The SMILES string of the molecule is CCC1CN(C(=O)NC2CCCCC2)CCO1. The number of nitrogens with one attached hydrogen (secondary N) is 1. The van der Waals surface area contributed by atoms with E-state index in [1.54, 1.807) is 0 Å². The molecule has 2 rings (SSSR count). The van der Waals surface area contributed by atoms with E-state index < -0.39 is 0 Å². The maximum absolute atomic E-state index is 12.1. The van der Waals surface area contributed by atoms with Gasteiger partial charge in [-0.1, -0.05) is 26.2 Å². The van der Waals surface area contributed by atoms with Crippen molar-refractivity contribution in [2.24, 2.45) is 0 Å². The highest BCUT2D eigenvalue weighted by molar-refractivity contribution is 5.74. The summed E-state index contributed by atoms with van der Waals surface area (Å²) in [4.78, 5) is 14.0. The summed E-state index contributed by atoms with van der Waals surface area (Å²) in [5.74, 6) is 0. The smallest absolute Gasteiger partial charge is 0.317 e. The van der Waals surface area contributed by atoms with Gasteiger partial charge in [-0.15, -0.1) is 0 Å². The van der Waals surface area contributed by atoms with Crippen LogP contribution in [0.5, 0.6) is 0 Å². The van der Waals surface area contributed by atoms with Gasteiger partial charge in [0.1, 0.15) is 0 Å². The van der Waals surface area contributed by atoms with Crippen LogP contribution in [0, 0.1) is 0 Å². The fourth-order valence-corrected chi connectivity index (χ4v) is 2.66. The second-order valence-corrected chi connectivity index (χ2v) is 5.13. The molecule has 1 unspecified atom stereocenters. The van der Waals surface area contributed by atoms with Crippen LogP contribution in [0.1, 0.15) is 45.4 Å². The second kappa shape index (κ2) is 6.24. The van der Waals surface area contributed by atoms with Gasteiger partial charge in [0.25, 0.3) is 0 Å². The molecule has 0 bridgehead atoms. The summed E-state index contributed by atoms with van der Waals surface area (Å²) in [5.41, 5.74) is 0. The number of hydrogen-bond donors (Lipinski definition) is 1. The minimum Gasteiger partial charge on any atom is -0.375 e. The zero-order valence-electron chi connectivity index (χ0n) is 10.8. The van der Waals surface area contributed by atoms with Crippen molar-refractivity contribution < 1.29 is 9.53 Å². The third-order valence-electron chi connectivity index (χ3n) is 3.81. The normalized spacial score (nSPS) is 26.9. The number of ether oxygens (including phenoxy) is 1. The lowest BCUT2D eigenvalue weighted by atomic mass is 9.96. The van der Waals surface area contributed by atoms with Crippen molar-refractivity contribution in [3.63, 3.8) is 0 Å². The molecule has 1 saturated heterocycles. The zero-order valence-corrected chi connectivity index (χ0v) is 10.8. The van der Waals surface area contributed by atoms with Crippen molar-refractivity contribution in [2.75, 3.05) is 19.7 Å². The van der Waals surface area contributed by atoms with Crippen LogP contribution in [-0.4, -0.2) is 42.8 Å². The summed E-state index contributed by atoms with van der Waals surface area (Å²) in [6, 6.07) is 0.512. The molecule has 98 valence electrons. The van der Waals surface area contributed by atoms with E-state index in [-0.39, 0.29) is 12.1 Å². The molecule has 1 aliphatic carbocycles. The highest BCUT2D eigenvalue weighted by Gasteiger charge is 2.25. The van der Waals surface area contributed by atoms with E-state index in [4.69, 9.17) is 4.74 Å². The molecule has 1 N–H and O–H groups in total. The number of rotatable bonds is 2. The third-order valence-corrected chi connectivity index (χ3v) is 3.81. The van der Waals surface area contributed by atoms with E-state index in [2.05, 4.69) is 12.2 Å². The van der Waals surface area contributed by atoms with Crippen LogP contribution in [0.4, 0.5) is 4.79 Å². The first-order valence-electron chi connectivity index (χ1n) is 6.96. The van der Waals surface area contributed by atoms with Gasteiger partial charge in [0.2, 0.25) is 0 Å². The number of carbonyl (C=O) groups is 1. The Morgan fingerprint density at radius 3 is 2.82 bits per heavy atom. The van der Waals surface area contributed by atoms with Gasteiger partial charge in [0, 0.05) is 19.1 Å². The summed E-state index contributed by atoms with van der Waals surface area (Å²) in [7, 11) is 0. The quantitative estimate of drug-likeness (QED) is 0.803. The summed E-state index contributed by atoms with van der Waals surface area (Å²) in [6.45, 7) is 4.26. The Labute approximate surface area is 104 Å². The molecule has 1 saturated carbocycles. The van der Waals surface area contributed by atoms with Gasteiger partial charge in [0.05, 0.1) is 12.7 Å². The molecule has 1 heterocycles. The first-order chi connectivity index (χ1) is 8.29. The van der Waals surface area contributed by atoms with Gasteiger partial charge in [-0.3, -0.25) is 0 Å². The average Bonchev–Trinajstić information content (AvgIpc) is 2.40. The molecule has 1 aliphatic heterocycles. The van der Waals surface area contributed by atoms with Gasteiger partial charge < -0.3 is 15.0 Å². The van der Waals surface area contributed by atoms with Crippen molar-refractivity contribution in [2.45, 2.75) is 57.6 Å². The second-order valence-electron chi connectivity index (χ2n) is 5.13. The van der Waals surface area contributed by atoms with E-state index in [9.17, 15) is 4.79 Å². The van der Waals surface area contributed by atoms with Crippen molar-refractivity contribution >= 4 is 6.03 Å². The lowest BCUT2D eigenvalue weighted by molar-refractivity contribution is -0.0158. The fraction of sp³-hybridized carbons (Fsp3) is 0.923. The molecule has 0 radical (unpaired) electrons. The number of amides is 2. The molecule has 1 atom stereocenters. The average molecular weight is 240 g/mol. The molecule has 17 heavy (non-hydrogen) atoms.